The van der Waals surface area contributed by atoms with Crippen molar-refractivity contribution in [2.75, 3.05) is 6.61 Å². The van der Waals surface area contributed by atoms with Gasteiger partial charge in [-0.3, -0.25) is 0 Å². The Balaban J connectivity index is 1.78. The molecule has 0 amide bonds. The minimum Gasteiger partial charge on any atom is -0.378 e. The molecule has 2 aromatic rings. The molecule has 0 aliphatic carbocycles. The Kier molecular flexibility index (Phi) is 3.29. The van der Waals surface area contributed by atoms with Crippen LogP contribution in [0.2, 0.25) is 0 Å². The van der Waals surface area contributed by atoms with Crippen molar-refractivity contribution in [3.63, 3.8) is 0 Å². The van der Waals surface area contributed by atoms with Crippen LogP contribution < -0.4 is 0 Å². The highest BCUT2D eigenvalue weighted by Gasteiger charge is 2.19. The Morgan fingerprint density at radius 3 is 3.05 bits per heavy atom. The van der Waals surface area contributed by atoms with Gasteiger partial charge in [-0.25, -0.2) is 4.39 Å². The van der Waals surface area contributed by atoms with E-state index < -0.39 is 0 Å². The van der Waals surface area contributed by atoms with Crippen molar-refractivity contribution < 1.29 is 13.7 Å². The third-order valence-electron chi connectivity index (χ3n) is 3.31. The van der Waals surface area contributed by atoms with Gasteiger partial charge in [0.05, 0.1) is 6.10 Å². The van der Waals surface area contributed by atoms with Crippen molar-refractivity contribution in [3.05, 3.63) is 35.4 Å². The van der Waals surface area contributed by atoms with Gasteiger partial charge in [-0.05, 0) is 43.5 Å². The van der Waals surface area contributed by atoms with E-state index in [0.717, 1.165) is 25.0 Å². The van der Waals surface area contributed by atoms with E-state index in [9.17, 15) is 4.39 Å². The molecule has 0 bridgehead atoms. The minimum absolute atomic E-state index is 0.195. The van der Waals surface area contributed by atoms with E-state index >= 15 is 0 Å². The van der Waals surface area contributed by atoms with Crippen LogP contribution in [0, 0.1) is 12.7 Å². The lowest BCUT2D eigenvalue weighted by molar-refractivity contribution is 0.109. The second-order valence-electron chi connectivity index (χ2n) is 4.82. The highest BCUT2D eigenvalue weighted by molar-refractivity contribution is 5.54. The minimum atomic E-state index is -0.233. The number of nitrogens with zero attached hydrogens (tertiary/aromatic N) is 2. The summed E-state index contributed by atoms with van der Waals surface area (Å²) in [5, 5.41) is 3.95. The summed E-state index contributed by atoms with van der Waals surface area (Å²) in [6, 6.07) is 4.76. The Bertz CT molecular complexity index is 577. The molecule has 1 aromatic heterocycles. The molecular weight excluding hydrogens is 247 g/mol. The molecule has 1 atom stereocenters. The third kappa shape index (κ3) is 2.66. The van der Waals surface area contributed by atoms with E-state index in [4.69, 9.17) is 9.26 Å². The number of aromatic nitrogens is 2. The van der Waals surface area contributed by atoms with Crippen LogP contribution in [-0.4, -0.2) is 22.9 Å². The Morgan fingerprint density at radius 1 is 1.42 bits per heavy atom. The summed E-state index contributed by atoms with van der Waals surface area (Å²) >= 11 is 0. The summed E-state index contributed by atoms with van der Waals surface area (Å²) in [4.78, 5) is 4.33. The zero-order chi connectivity index (χ0) is 13.2. The van der Waals surface area contributed by atoms with Crippen molar-refractivity contribution in [1.82, 2.24) is 10.1 Å². The van der Waals surface area contributed by atoms with Gasteiger partial charge in [-0.1, -0.05) is 5.16 Å². The van der Waals surface area contributed by atoms with Gasteiger partial charge in [-0.15, -0.1) is 0 Å². The zero-order valence-corrected chi connectivity index (χ0v) is 10.7. The number of benzene rings is 1. The second kappa shape index (κ2) is 5.09. The Labute approximate surface area is 110 Å². The predicted molar refractivity (Wildman–Crippen MR) is 67.1 cm³/mol. The molecule has 100 valence electrons. The van der Waals surface area contributed by atoms with E-state index in [1.54, 1.807) is 19.1 Å². The van der Waals surface area contributed by atoms with E-state index in [0.29, 0.717) is 23.7 Å². The van der Waals surface area contributed by atoms with Crippen LogP contribution in [-0.2, 0) is 11.2 Å². The highest BCUT2D eigenvalue weighted by Crippen LogP contribution is 2.21. The van der Waals surface area contributed by atoms with Gasteiger partial charge in [0.25, 0.3) is 5.89 Å². The van der Waals surface area contributed by atoms with E-state index in [1.165, 1.54) is 6.07 Å². The van der Waals surface area contributed by atoms with Gasteiger partial charge in [0.15, 0.2) is 5.82 Å². The highest BCUT2D eigenvalue weighted by atomic mass is 19.1. The van der Waals surface area contributed by atoms with Crippen LogP contribution >= 0.6 is 0 Å². The first-order valence-corrected chi connectivity index (χ1v) is 6.43. The standard InChI is InChI=1S/C14H15FN2O2/c1-9-7-10(4-5-12(9)15)14-16-13(17-19-14)8-11-3-2-6-18-11/h4-5,7,11H,2-3,6,8H2,1H3. The maximum absolute atomic E-state index is 13.2. The number of hydrogen-bond acceptors (Lipinski definition) is 4. The van der Waals surface area contributed by atoms with Crippen molar-refractivity contribution in [1.29, 1.82) is 0 Å². The van der Waals surface area contributed by atoms with Crippen molar-refractivity contribution in [3.8, 4) is 11.5 Å². The fourth-order valence-electron chi connectivity index (χ4n) is 2.24. The molecule has 0 radical (unpaired) electrons. The van der Waals surface area contributed by atoms with Gasteiger partial charge in [-0.2, -0.15) is 4.98 Å². The number of ether oxygens (including phenoxy) is 1. The van der Waals surface area contributed by atoms with Gasteiger partial charge in [0.2, 0.25) is 0 Å². The quantitative estimate of drug-likeness (QED) is 0.853. The molecule has 3 rings (SSSR count). The van der Waals surface area contributed by atoms with Crippen LogP contribution in [0.25, 0.3) is 11.5 Å². The van der Waals surface area contributed by atoms with E-state index in [2.05, 4.69) is 10.1 Å². The Morgan fingerprint density at radius 2 is 2.32 bits per heavy atom. The maximum Gasteiger partial charge on any atom is 0.257 e. The molecule has 0 saturated carbocycles. The monoisotopic (exact) mass is 262 g/mol. The van der Waals surface area contributed by atoms with Crippen molar-refractivity contribution in [2.45, 2.75) is 32.3 Å². The van der Waals surface area contributed by atoms with Crippen LogP contribution in [0.1, 0.15) is 24.2 Å². The average molecular weight is 262 g/mol. The largest absolute Gasteiger partial charge is 0.378 e. The molecular formula is C14H15FN2O2. The summed E-state index contributed by atoms with van der Waals surface area (Å²) < 4.78 is 24.0. The average Bonchev–Trinajstić information content (AvgIpc) is 3.05. The summed E-state index contributed by atoms with van der Waals surface area (Å²) in [5.74, 6) is 0.836. The summed E-state index contributed by atoms with van der Waals surface area (Å²) in [6.07, 6.45) is 3.00. The fraction of sp³-hybridized carbons (Fsp3) is 0.429. The molecule has 1 aliphatic rings. The topological polar surface area (TPSA) is 48.2 Å². The third-order valence-corrected chi connectivity index (χ3v) is 3.31. The lowest BCUT2D eigenvalue weighted by Crippen LogP contribution is -2.09. The zero-order valence-electron chi connectivity index (χ0n) is 10.7. The molecule has 5 heteroatoms. The number of halogens is 1. The van der Waals surface area contributed by atoms with Crippen LogP contribution in [0.15, 0.2) is 22.7 Å². The Hall–Kier alpha value is -1.75. The van der Waals surface area contributed by atoms with Gasteiger partial charge in [0.1, 0.15) is 5.82 Å². The van der Waals surface area contributed by atoms with Crippen LogP contribution in [0.4, 0.5) is 4.39 Å². The molecule has 1 aliphatic heterocycles. The van der Waals surface area contributed by atoms with Gasteiger partial charge < -0.3 is 9.26 Å². The van der Waals surface area contributed by atoms with Crippen LogP contribution in [0.3, 0.4) is 0 Å². The van der Waals surface area contributed by atoms with Crippen molar-refractivity contribution >= 4 is 0 Å². The molecule has 0 spiro atoms. The van der Waals surface area contributed by atoms with Crippen molar-refractivity contribution in [2.24, 2.45) is 0 Å². The summed E-state index contributed by atoms with van der Waals surface area (Å²) in [6.45, 7) is 2.52. The number of rotatable bonds is 3. The molecule has 19 heavy (non-hydrogen) atoms. The van der Waals surface area contributed by atoms with Gasteiger partial charge in [0, 0.05) is 18.6 Å². The molecule has 1 saturated heterocycles. The molecule has 1 aromatic carbocycles. The maximum atomic E-state index is 13.2. The lowest BCUT2D eigenvalue weighted by Gasteiger charge is -2.03. The second-order valence-corrected chi connectivity index (χ2v) is 4.82. The van der Waals surface area contributed by atoms with Crippen LogP contribution in [0.5, 0.6) is 0 Å². The first-order chi connectivity index (χ1) is 9.22. The van der Waals surface area contributed by atoms with E-state index in [-0.39, 0.29) is 11.9 Å². The first-order valence-electron chi connectivity index (χ1n) is 6.43. The number of aryl methyl sites for hydroxylation is 1. The van der Waals surface area contributed by atoms with Gasteiger partial charge >= 0.3 is 0 Å². The lowest BCUT2D eigenvalue weighted by atomic mass is 10.1. The molecule has 0 N–H and O–H groups in total. The normalized spacial score (nSPS) is 18.9. The SMILES string of the molecule is Cc1cc(-c2nc(CC3CCCO3)no2)ccc1F. The molecule has 4 nitrogen and oxygen atoms in total. The first kappa shape index (κ1) is 12.3. The smallest absolute Gasteiger partial charge is 0.257 e. The van der Waals surface area contributed by atoms with E-state index in [1.807, 2.05) is 0 Å². The molecule has 2 heterocycles. The predicted octanol–water partition coefficient (Wildman–Crippen LogP) is 2.91. The number of hydrogen-bond donors (Lipinski definition) is 0. The molecule has 1 unspecified atom stereocenters. The summed E-state index contributed by atoms with van der Waals surface area (Å²) in [7, 11) is 0. The molecule has 1 fully saturated rings. The summed E-state index contributed by atoms with van der Waals surface area (Å²) in [5.41, 5.74) is 1.31. The fourth-order valence-corrected chi connectivity index (χ4v) is 2.24.